The van der Waals surface area contributed by atoms with Gasteiger partial charge in [0.25, 0.3) is 0 Å². The zero-order valence-corrected chi connectivity index (χ0v) is 12.4. The zero-order valence-electron chi connectivity index (χ0n) is 12.4. The minimum Gasteiger partial charge on any atom is -0.497 e. The SMILES string of the molecule is COCCCNC(=O)C(=O)Nc1ccc(OC)cc1OC. The van der Waals surface area contributed by atoms with Gasteiger partial charge in [0.05, 0.1) is 19.9 Å². The van der Waals surface area contributed by atoms with E-state index in [1.165, 1.54) is 14.2 Å². The number of nitrogens with one attached hydrogen (secondary N) is 2. The summed E-state index contributed by atoms with van der Waals surface area (Å²) >= 11 is 0. The number of amides is 2. The maximum Gasteiger partial charge on any atom is 0.313 e. The molecule has 1 aromatic rings. The van der Waals surface area contributed by atoms with Crippen molar-refractivity contribution in [2.45, 2.75) is 6.42 Å². The third kappa shape index (κ3) is 5.31. The second-order valence-electron chi connectivity index (χ2n) is 4.12. The summed E-state index contributed by atoms with van der Waals surface area (Å²) in [5, 5.41) is 4.99. The van der Waals surface area contributed by atoms with E-state index in [-0.39, 0.29) is 0 Å². The van der Waals surface area contributed by atoms with Crippen LogP contribution in [0.5, 0.6) is 11.5 Å². The minimum absolute atomic E-state index is 0.375. The van der Waals surface area contributed by atoms with Crippen molar-refractivity contribution in [1.29, 1.82) is 0 Å². The number of anilines is 1. The Labute approximate surface area is 123 Å². The molecule has 0 aliphatic heterocycles. The predicted octanol–water partition coefficient (Wildman–Crippen LogP) is 0.795. The molecule has 1 aromatic carbocycles. The Balaban J connectivity index is 2.59. The van der Waals surface area contributed by atoms with E-state index in [9.17, 15) is 9.59 Å². The summed E-state index contributed by atoms with van der Waals surface area (Å²) in [6.45, 7) is 0.897. The van der Waals surface area contributed by atoms with Crippen molar-refractivity contribution in [2.24, 2.45) is 0 Å². The van der Waals surface area contributed by atoms with Crippen LogP contribution in [0.25, 0.3) is 0 Å². The molecule has 0 aromatic heterocycles. The Morgan fingerprint density at radius 2 is 1.86 bits per heavy atom. The van der Waals surface area contributed by atoms with Gasteiger partial charge in [0.15, 0.2) is 0 Å². The highest BCUT2D eigenvalue weighted by Crippen LogP contribution is 2.28. The molecule has 0 bridgehead atoms. The standard InChI is InChI=1S/C14H20N2O5/c1-19-8-4-7-15-13(17)14(18)16-11-6-5-10(20-2)9-12(11)21-3/h5-6,9H,4,7-8H2,1-3H3,(H,15,17)(H,16,18). The van der Waals surface area contributed by atoms with Gasteiger partial charge < -0.3 is 24.8 Å². The van der Waals surface area contributed by atoms with Crippen molar-refractivity contribution < 1.29 is 23.8 Å². The Morgan fingerprint density at radius 3 is 2.48 bits per heavy atom. The molecule has 0 radical (unpaired) electrons. The Morgan fingerprint density at radius 1 is 1.10 bits per heavy atom. The Bertz CT molecular complexity index is 490. The van der Waals surface area contributed by atoms with Gasteiger partial charge in [0.2, 0.25) is 0 Å². The van der Waals surface area contributed by atoms with Crippen LogP contribution in [-0.4, -0.2) is 46.3 Å². The molecule has 0 spiro atoms. The number of carbonyl (C=O) groups is 2. The summed E-state index contributed by atoms with van der Waals surface area (Å²) in [7, 11) is 4.57. The number of ether oxygens (including phenoxy) is 3. The molecule has 21 heavy (non-hydrogen) atoms. The van der Waals surface area contributed by atoms with E-state index < -0.39 is 11.8 Å². The molecule has 7 heteroatoms. The lowest BCUT2D eigenvalue weighted by Gasteiger charge is -2.11. The van der Waals surface area contributed by atoms with E-state index in [0.717, 1.165) is 0 Å². The largest absolute Gasteiger partial charge is 0.497 e. The monoisotopic (exact) mass is 296 g/mol. The van der Waals surface area contributed by atoms with Gasteiger partial charge in [-0.1, -0.05) is 0 Å². The Hall–Kier alpha value is -2.28. The molecule has 0 saturated heterocycles. The van der Waals surface area contributed by atoms with E-state index in [1.54, 1.807) is 25.3 Å². The highest BCUT2D eigenvalue weighted by molar-refractivity contribution is 6.39. The van der Waals surface area contributed by atoms with Crippen LogP contribution in [-0.2, 0) is 14.3 Å². The number of rotatable bonds is 7. The van der Waals surface area contributed by atoms with Gasteiger partial charge in [-0.2, -0.15) is 0 Å². The molecule has 1 rings (SSSR count). The quantitative estimate of drug-likeness (QED) is 0.574. The topological polar surface area (TPSA) is 85.9 Å². The van der Waals surface area contributed by atoms with Crippen LogP contribution in [0.4, 0.5) is 5.69 Å². The van der Waals surface area contributed by atoms with Gasteiger partial charge in [0.1, 0.15) is 11.5 Å². The third-order valence-electron chi connectivity index (χ3n) is 2.67. The first-order valence-electron chi connectivity index (χ1n) is 6.42. The molecular weight excluding hydrogens is 276 g/mol. The molecule has 0 fully saturated rings. The molecular formula is C14H20N2O5. The molecule has 0 heterocycles. The lowest BCUT2D eigenvalue weighted by atomic mass is 10.2. The molecule has 0 aliphatic carbocycles. The average Bonchev–Trinajstić information content (AvgIpc) is 2.51. The second kappa shape index (κ2) is 8.80. The van der Waals surface area contributed by atoms with Crippen LogP contribution in [0.1, 0.15) is 6.42 Å². The van der Waals surface area contributed by atoms with E-state index in [4.69, 9.17) is 14.2 Å². The molecule has 0 aliphatic rings. The summed E-state index contributed by atoms with van der Waals surface area (Å²) in [5.41, 5.74) is 0.398. The smallest absolute Gasteiger partial charge is 0.313 e. The van der Waals surface area contributed by atoms with Crippen LogP contribution in [0.15, 0.2) is 18.2 Å². The highest BCUT2D eigenvalue weighted by atomic mass is 16.5. The van der Waals surface area contributed by atoms with Gasteiger partial charge in [0, 0.05) is 26.3 Å². The Kier molecular flexibility index (Phi) is 7.03. The van der Waals surface area contributed by atoms with E-state index >= 15 is 0 Å². The van der Waals surface area contributed by atoms with Crippen LogP contribution < -0.4 is 20.1 Å². The first-order valence-corrected chi connectivity index (χ1v) is 6.42. The molecule has 0 unspecified atom stereocenters. The molecule has 7 nitrogen and oxygen atoms in total. The maximum absolute atomic E-state index is 11.8. The molecule has 0 atom stereocenters. The summed E-state index contributed by atoms with van der Waals surface area (Å²) < 4.78 is 15.0. The van der Waals surface area contributed by atoms with Gasteiger partial charge in [-0.05, 0) is 18.6 Å². The van der Waals surface area contributed by atoms with Crippen LogP contribution in [0.3, 0.4) is 0 Å². The van der Waals surface area contributed by atoms with Crippen LogP contribution in [0.2, 0.25) is 0 Å². The lowest BCUT2D eigenvalue weighted by Crippen LogP contribution is -2.36. The predicted molar refractivity (Wildman–Crippen MR) is 77.7 cm³/mol. The molecule has 2 N–H and O–H groups in total. The summed E-state index contributed by atoms with van der Waals surface area (Å²) in [4.78, 5) is 23.4. The van der Waals surface area contributed by atoms with Gasteiger partial charge in [-0.15, -0.1) is 0 Å². The van der Waals surface area contributed by atoms with Crippen molar-refractivity contribution in [3.63, 3.8) is 0 Å². The number of carbonyl (C=O) groups excluding carboxylic acids is 2. The fraction of sp³-hybridized carbons (Fsp3) is 0.429. The van der Waals surface area contributed by atoms with Crippen molar-refractivity contribution in [1.82, 2.24) is 5.32 Å². The summed E-state index contributed by atoms with van der Waals surface area (Å²) in [5.74, 6) is -0.455. The van der Waals surface area contributed by atoms with Crippen molar-refractivity contribution in [2.75, 3.05) is 39.8 Å². The number of hydrogen-bond acceptors (Lipinski definition) is 5. The maximum atomic E-state index is 11.8. The zero-order chi connectivity index (χ0) is 15.7. The fourth-order valence-corrected chi connectivity index (χ4v) is 1.58. The average molecular weight is 296 g/mol. The van der Waals surface area contributed by atoms with Crippen LogP contribution in [0, 0.1) is 0 Å². The highest BCUT2D eigenvalue weighted by Gasteiger charge is 2.15. The van der Waals surface area contributed by atoms with Gasteiger partial charge >= 0.3 is 11.8 Å². The first kappa shape index (κ1) is 16.8. The van der Waals surface area contributed by atoms with Crippen LogP contribution >= 0.6 is 0 Å². The molecule has 2 amide bonds. The molecule has 0 saturated carbocycles. The van der Waals surface area contributed by atoms with Crippen molar-refractivity contribution in [3.8, 4) is 11.5 Å². The number of methoxy groups -OCH3 is 3. The van der Waals surface area contributed by atoms with Crippen molar-refractivity contribution >= 4 is 17.5 Å². The van der Waals surface area contributed by atoms with Gasteiger partial charge in [-0.25, -0.2) is 0 Å². The third-order valence-corrected chi connectivity index (χ3v) is 2.67. The van der Waals surface area contributed by atoms with E-state index in [0.29, 0.717) is 36.8 Å². The van der Waals surface area contributed by atoms with E-state index in [1.807, 2.05) is 0 Å². The summed E-state index contributed by atoms with van der Waals surface area (Å²) in [6.07, 6.45) is 0.640. The first-order chi connectivity index (χ1) is 10.1. The summed E-state index contributed by atoms with van der Waals surface area (Å²) in [6, 6.07) is 4.88. The number of benzene rings is 1. The number of hydrogen-bond donors (Lipinski definition) is 2. The second-order valence-corrected chi connectivity index (χ2v) is 4.12. The van der Waals surface area contributed by atoms with Gasteiger partial charge in [-0.3, -0.25) is 9.59 Å². The lowest BCUT2D eigenvalue weighted by molar-refractivity contribution is -0.136. The molecule has 116 valence electrons. The minimum atomic E-state index is -0.754. The normalized spacial score (nSPS) is 9.86. The fourth-order valence-electron chi connectivity index (χ4n) is 1.58. The van der Waals surface area contributed by atoms with Crippen molar-refractivity contribution in [3.05, 3.63) is 18.2 Å². The van der Waals surface area contributed by atoms with E-state index in [2.05, 4.69) is 10.6 Å².